The minimum absolute atomic E-state index is 0.507. The van der Waals surface area contributed by atoms with Gasteiger partial charge in [0.2, 0.25) is 0 Å². The smallest absolute Gasteiger partial charge is 0.325 e. The number of methoxy groups -OCH3 is 1. The molecule has 1 aromatic heterocycles. The summed E-state index contributed by atoms with van der Waals surface area (Å²) in [5.41, 5.74) is 7.07. The normalized spacial score (nSPS) is 14.1. The molecule has 3 N–H and O–H groups in total. The van der Waals surface area contributed by atoms with Crippen molar-refractivity contribution in [1.29, 1.82) is 0 Å². The zero-order valence-electron chi connectivity index (χ0n) is 11.2. The fourth-order valence-corrected chi connectivity index (χ4v) is 2.21. The summed E-state index contributed by atoms with van der Waals surface area (Å²) in [7, 11) is 1.56. The number of nitrogens with two attached hydrogens (primary N) is 1. The molecule has 2 aromatic rings. The van der Waals surface area contributed by atoms with Gasteiger partial charge in [-0.15, -0.1) is 0 Å². The number of ether oxygens (including phenoxy) is 1. The Labute approximate surface area is 116 Å². The number of hydrogen-bond donors (Lipinski definition) is 2. The van der Waals surface area contributed by atoms with Crippen molar-refractivity contribution >= 4 is 17.5 Å². The van der Waals surface area contributed by atoms with E-state index in [4.69, 9.17) is 10.5 Å². The second kappa shape index (κ2) is 4.88. The molecule has 1 aromatic carbocycles. The van der Waals surface area contributed by atoms with E-state index in [9.17, 15) is 4.79 Å². The van der Waals surface area contributed by atoms with Gasteiger partial charge in [0, 0.05) is 12.0 Å². The predicted octanol–water partition coefficient (Wildman–Crippen LogP) is 2.51. The molecule has 0 atom stereocenters. The average Bonchev–Trinajstić information content (AvgIpc) is 3.19. The molecule has 1 aliphatic carbocycles. The number of aromatic nitrogens is 2. The summed E-state index contributed by atoms with van der Waals surface area (Å²) < 4.78 is 5.28. The molecule has 0 unspecified atom stereocenters. The Morgan fingerprint density at radius 1 is 1.45 bits per heavy atom. The van der Waals surface area contributed by atoms with Gasteiger partial charge < -0.3 is 10.5 Å². The molecule has 104 valence electrons. The number of carbonyl (C=O) groups is 1. The standard InChI is InChI=1S/C14H16N4O2/c1-20-12-5-3-2-4-11(12)18(14(15)19)13-8-10(16-17-13)9-6-7-9/h2-5,8-9H,6-7H2,1H3,(H2,15,19)(H,16,17). The third-order valence-corrected chi connectivity index (χ3v) is 3.37. The molecule has 2 amide bonds. The number of amides is 2. The van der Waals surface area contributed by atoms with E-state index < -0.39 is 6.03 Å². The van der Waals surface area contributed by atoms with Crippen molar-refractivity contribution in [1.82, 2.24) is 10.2 Å². The van der Waals surface area contributed by atoms with Crippen LogP contribution >= 0.6 is 0 Å². The van der Waals surface area contributed by atoms with E-state index in [1.54, 1.807) is 19.2 Å². The Kier molecular flexibility index (Phi) is 3.06. The monoisotopic (exact) mass is 272 g/mol. The number of hydrogen-bond acceptors (Lipinski definition) is 3. The lowest BCUT2D eigenvalue weighted by molar-refractivity contribution is 0.255. The molecule has 0 bridgehead atoms. The van der Waals surface area contributed by atoms with E-state index in [-0.39, 0.29) is 0 Å². The molecule has 0 saturated heterocycles. The third kappa shape index (κ3) is 2.20. The van der Waals surface area contributed by atoms with Crippen molar-refractivity contribution < 1.29 is 9.53 Å². The second-order valence-electron chi connectivity index (χ2n) is 4.80. The molecule has 3 rings (SSSR count). The molecule has 1 heterocycles. The summed E-state index contributed by atoms with van der Waals surface area (Å²) in [4.78, 5) is 13.2. The number of benzene rings is 1. The van der Waals surface area contributed by atoms with Gasteiger partial charge in [-0.2, -0.15) is 5.10 Å². The molecule has 0 spiro atoms. The molecule has 0 aliphatic heterocycles. The maximum absolute atomic E-state index is 11.8. The van der Waals surface area contributed by atoms with Gasteiger partial charge >= 0.3 is 6.03 Å². The Balaban J connectivity index is 2.01. The second-order valence-corrected chi connectivity index (χ2v) is 4.80. The minimum atomic E-state index is -0.583. The topological polar surface area (TPSA) is 84.2 Å². The van der Waals surface area contributed by atoms with Crippen LogP contribution in [0.5, 0.6) is 5.75 Å². The first kappa shape index (κ1) is 12.5. The lowest BCUT2D eigenvalue weighted by Crippen LogP contribution is -2.32. The summed E-state index contributed by atoms with van der Waals surface area (Å²) in [5, 5.41) is 7.13. The van der Waals surface area contributed by atoms with Gasteiger partial charge in [0.15, 0.2) is 0 Å². The highest BCUT2D eigenvalue weighted by Gasteiger charge is 2.28. The van der Waals surface area contributed by atoms with E-state index in [1.807, 2.05) is 18.2 Å². The molecule has 1 saturated carbocycles. The van der Waals surface area contributed by atoms with Gasteiger partial charge in [-0.25, -0.2) is 9.69 Å². The highest BCUT2D eigenvalue weighted by Crippen LogP contribution is 2.41. The predicted molar refractivity (Wildman–Crippen MR) is 75.3 cm³/mol. The summed E-state index contributed by atoms with van der Waals surface area (Å²) in [6.07, 6.45) is 2.30. The molecule has 6 nitrogen and oxygen atoms in total. The van der Waals surface area contributed by atoms with Gasteiger partial charge in [0.05, 0.1) is 18.5 Å². The summed E-state index contributed by atoms with van der Waals surface area (Å²) >= 11 is 0. The summed E-state index contributed by atoms with van der Waals surface area (Å²) in [5.74, 6) is 1.64. The van der Waals surface area contributed by atoms with Gasteiger partial charge in [-0.1, -0.05) is 12.1 Å². The number of aromatic amines is 1. The molecule has 20 heavy (non-hydrogen) atoms. The van der Waals surface area contributed by atoms with E-state index in [2.05, 4.69) is 10.2 Å². The quantitative estimate of drug-likeness (QED) is 0.896. The number of para-hydroxylation sites is 2. The number of urea groups is 1. The highest BCUT2D eigenvalue weighted by atomic mass is 16.5. The SMILES string of the molecule is COc1ccccc1N(C(N)=O)c1cc(C2CC2)n[nH]1. The van der Waals surface area contributed by atoms with Crippen molar-refractivity contribution in [3.8, 4) is 5.75 Å². The van der Waals surface area contributed by atoms with Crippen LogP contribution in [0.1, 0.15) is 24.5 Å². The van der Waals surface area contributed by atoms with Gasteiger partial charge in [0.25, 0.3) is 0 Å². The number of nitrogens with one attached hydrogen (secondary N) is 1. The summed E-state index contributed by atoms with van der Waals surface area (Å²) in [6.45, 7) is 0. The molecule has 1 fully saturated rings. The molecule has 6 heteroatoms. The number of carbonyl (C=O) groups excluding carboxylic acids is 1. The fraction of sp³-hybridized carbons (Fsp3) is 0.286. The summed E-state index contributed by atoms with van der Waals surface area (Å²) in [6, 6.07) is 8.51. The first-order valence-electron chi connectivity index (χ1n) is 6.48. The Morgan fingerprint density at radius 3 is 2.85 bits per heavy atom. The Morgan fingerprint density at radius 2 is 2.20 bits per heavy atom. The van der Waals surface area contributed by atoms with Crippen molar-refractivity contribution in [2.24, 2.45) is 5.73 Å². The zero-order chi connectivity index (χ0) is 14.1. The van der Waals surface area contributed by atoms with Crippen molar-refractivity contribution in [3.63, 3.8) is 0 Å². The minimum Gasteiger partial charge on any atom is -0.495 e. The highest BCUT2D eigenvalue weighted by molar-refractivity contribution is 5.98. The van der Waals surface area contributed by atoms with Crippen molar-refractivity contribution in [2.75, 3.05) is 12.0 Å². The molecule has 1 aliphatic rings. The maximum Gasteiger partial charge on any atom is 0.325 e. The van der Waals surface area contributed by atoms with Crippen LogP contribution in [-0.2, 0) is 0 Å². The van der Waals surface area contributed by atoms with Gasteiger partial charge in [0.1, 0.15) is 11.6 Å². The number of primary amides is 1. The number of nitrogens with zero attached hydrogens (tertiary/aromatic N) is 2. The van der Waals surface area contributed by atoms with E-state index >= 15 is 0 Å². The Hall–Kier alpha value is -2.50. The molecular weight excluding hydrogens is 256 g/mol. The largest absolute Gasteiger partial charge is 0.495 e. The molecule has 0 radical (unpaired) electrons. The fourth-order valence-electron chi connectivity index (χ4n) is 2.21. The average molecular weight is 272 g/mol. The lowest BCUT2D eigenvalue weighted by Gasteiger charge is -2.20. The van der Waals surface area contributed by atoms with Crippen LogP contribution in [0.25, 0.3) is 0 Å². The molecular formula is C14H16N4O2. The van der Waals surface area contributed by atoms with Crippen LogP contribution in [0.3, 0.4) is 0 Å². The van der Waals surface area contributed by atoms with Crippen molar-refractivity contribution in [2.45, 2.75) is 18.8 Å². The third-order valence-electron chi connectivity index (χ3n) is 3.37. The maximum atomic E-state index is 11.8. The van der Waals surface area contributed by atoms with Crippen LogP contribution in [0.2, 0.25) is 0 Å². The number of rotatable bonds is 4. The lowest BCUT2D eigenvalue weighted by atomic mass is 10.2. The van der Waals surface area contributed by atoms with Crippen LogP contribution < -0.4 is 15.4 Å². The van der Waals surface area contributed by atoms with Gasteiger partial charge in [-0.3, -0.25) is 5.10 Å². The van der Waals surface area contributed by atoms with Crippen LogP contribution in [0, 0.1) is 0 Å². The van der Waals surface area contributed by atoms with Crippen LogP contribution in [0.15, 0.2) is 30.3 Å². The zero-order valence-corrected chi connectivity index (χ0v) is 11.2. The Bertz CT molecular complexity index is 634. The van der Waals surface area contributed by atoms with E-state index in [0.29, 0.717) is 23.2 Å². The number of H-pyrrole nitrogens is 1. The van der Waals surface area contributed by atoms with E-state index in [1.165, 1.54) is 4.90 Å². The van der Waals surface area contributed by atoms with Crippen molar-refractivity contribution in [3.05, 3.63) is 36.0 Å². The first-order valence-corrected chi connectivity index (χ1v) is 6.48. The number of anilines is 2. The van der Waals surface area contributed by atoms with E-state index in [0.717, 1.165) is 18.5 Å². The first-order chi connectivity index (χ1) is 9.70. The van der Waals surface area contributed by atoms with Gasteiger partial charge in [-0.05, 0) is 25.0 Å². The van der Waals surface area contributed by atoms with Crippen LogP contribution in [-0.4, -0.2) is 23.3 Å². The van der Waals surface area contributed by atoms with Crippen LogP contribution in [0.4, 0.5) is 16.3 Å².